The standard InChI is InChI=1S/C19H19F2N3O7/c1-11-4-2-3-5-13(11)15(26)29-10-30-18(28)23-14-6-7-24(17(27)22-14)16-19(20,21)8-12(9-25)31-16/h2-7,12,16,25H,8-10H2,1H3,(H,22,23,27,28)/t12-,16+/m0/s1. The lowest BCUT2D eigenvalue weighted by Crippen LogP contribution is -2.35. The Morgan fingerprint density at radius 1 is 1.32 bits per heavy atom. The molecule has 0 bridgehead atoms. The largest absolute Gasteiger partial charge is 0.424 e. The third-order valence-corrected chi connectivity index (χ3v) is 4.44. The molecule has 2 N–H and O–H groups in total. The predicted octanol–water partition coefficient (Wildman–Crippen LogP) is 1.83. The van der Waals surface area contributed by atoms with Crippen molar-refractivity contribution in [2.24, 2.45) is 0 Å². The van der Waals surface area contributed by atoms with E-state index in [-0.39, 0.29) is 5.82 Å². The van der Waals surface area contributed by atoms with Gasteiger partial charge >= 0.3 is 17.8 Å². The topological polar surface area (TPSA) is 129 Å². The highest BCUT2D eigenvalue weighted by molar-refractivity contribution is 5.91. The van der Waals surface area contributed by atoms with Gasteiger partial charge in [-0.2, -0.15) is 4.98 Å². The number of hydrogen-bond donors (Lipinski definition) is 2. The first-order chi connectivity index (χ1) is 14.7. The Balaban J connectivity index is 1.55. The summed E-state index contributed by atoms with van der Waals surface area (Å²) in [4.78, 5) is 39.3. The van der Waals surface area contributed by atoms with Gasteiger partial charge in [0, 0.05) is 12.6 Å². The van der Waals surface area contributed by atoms with E-state index in [4.69, 9.17) is 19.3 Å². The third kappa shape index (κ3) is 5.22. The number of carbonyl (C=O) groups is 2. The van der Waals surface area contributed by atoms with Crippen molar-refractivity contribution in [1.29, 1.82) is 0 Å². The second-order valence-corrected chi connectivity index (χ2v) is 6.68. The monoisotopic (exact) mass is 439 g/mol. The minimum absolute atomic E-state index is 0.267. The molecule has 10 nitrogen and oxygen atoms in total. The van der Waals surface area contributed by atoms with Gasteiger partial charge in [-0.05, 0) is 24.6 Å². The lowest BCUT2D eigenvalue weighted by atomic mass is 10.1. The van der Waals surface area contributed by atoms with E-state index in [0.717, 1.165) is 12.3 Å². The smallest absolute Gasteiger partial charge is 0.415 e. The molecule has 2 aromatic rings. The van der Waals surface area contributed by atoms with Crippen LogP contribution in [0.25, 0.3) is 0 Å². The van der Waals surface area contributed by atoms with Crippen LogP contribution in [0.1, 0.15) is 28.6 Å². The van der Waals surface area contributed by atoms with Crippen molar-refractivity contribution in [1.82, 2.24) is 9.55 Å². The van der Waals surface area contributed by atoms with Crippen LogP contribution in [0.15, 0.2) is 41.3 Å². The van der Waals surface area contributed by atoms with Crippen LogP contribution < -0.4 is 11.0 Å². The van der Waals surface area contributed by atoms with E-state index in [0.29, 0.717) is 15.7 Å². The van der Waals surface area contributed by atoms with Crippen molar-refractivity contribution in [3.8, 4) is 0 Å². The molecule has 0 spiro atoms. The maximum atomic E-state index is 14.0. The molecular weight excluding hydrogens is 420 g/mol. The Hall–Kier alpha value is -3.38. The van der Waals surface area contributed by atoms with Gasteiger partial charge in [-0.25, -0.2) is 23.2 Å². The van der Waals surface area contributed by atoms with Crippen LogP contribution in [-0.2, 0) is 14.2 Å². The zero-order chi connectivity index (χ0) is 22.6. The first-order valence-corrected chi connectivity index (χ1v) is 9.11. The summed E-state index contributed by atoms with van der Waals surface area (Å²) in [6.45, 7) is 0.406. The maximum Gasteiger partial charge on any atom is 0.415 e. The van der Waals surface area contributed by atoms with Crippen LogP contribution in [0, 0.1) is 6.92 Å². The number of anilines is 1. The molecule has 2 heterocycles. The number of nitrogens with one attached hydrogen (secondary N) is 1. The van der Waals surface area contributed by atoms with Gasteiger partial charge in [-0.3, -0.25) is 9.88 Å². The number of ether oxygens (including phenoxy) is 3. The second-order valence-electron chi connectivity index (χ2n) is 6.68. The maximum absolute atomic E-state index is 14.0. The highest BCUT2D eigenvalue weighted by Crippen LogP contribution is 2.41. The van der Waals surface area contributed by atoms with Gasteiger partial charge in [0.1, 0.15) is 5.82 Å². The number of hydrogen-bond acceptors (Lipinski definition) is 8. The highest BCUT2D eigenvalue weighted by Gasteiger charge is 2.51. The van der Waals surface area contributed by atoms with Gasteiger partial charge in [-0.15, -0.1) is 0 Å². The molecule has 0 unspecified atom stereocenters. The van der Waals surface area contributed by atoms with Crippen LogP contribution in [0.3, 0.4) is 0 Å². The number of carbonyl (C=O) groups excluding carboxylic acids is 2. The minimum atomic E-state index is -3.38. The van der Waals surface area contributed by atoms with Crippen molar-refractivity contribution in [3.05, 3.63) is 58.1 Å². The number of amides is 1. The van der Waals surface area contributed by atoms with Crippen LogP contribution in [0.2, 0.25) is 0 Å². The summed E-state index contributed by atoms with van der Waals surface area (Å²) in [5.74, 6) is -4.34. The average Bonchev–Trinajstić information content (AvgIpc) is 3.02. The fourth-order valence-corrected chi connectivity index (χ4v) is 2.93. The lowest BCUT2D eigenvalue weighted by molar-refractivity contribution is -0.120. The summed E-state index contributed by atoms with van der Waals surface area (Å²) in [5, 5.41) is 11.1. The van der Waals surface area contributed by atoms with Gasteiger partial charge in [0.15, 0.2) is 0 Å². The first kappa shape index (κ1) is 22.3. The molecule has 1 aromatic heterocycles. The molecule has 1 amide bonds. The molecule has 31 heavy (non-hydrogen) atoms. The molecule has 2 atom stereocenters. The number of nitrogens with zero attached hydrogens (tertiary/aromatic N) is 2. The van der Waals surface area contributed by atoms with E-state index in [2.05, 4.69) is 10.3 Å². The fraction of sp³-hybridized carbons (Fsp3) is 0.368. The molecule has 1 fully saturated rings. The van der Waals surface area contributed by atoms with Crippen molar-refractivity contribution in [2.75, 3.05) is 18.7 Å². The third-order valence-electron chi connectivity index (χ3n) is 4.44. The number of esters is 1. The lowest BCUT2D eigenvalue weighted by Gasteiger charge is -2.19. The summed E-state index contributed by atoms with van der Waals surface area (Å²) < 4.78 is 43.1. The molecule has 1 aliphatic rings. The van der Waals surface area contributed by atoms with Crippen LogP contribution in [0.4, 0.5) is 19.4 Å². The summed E-state index contributed by atoms with van der Waals surface area (Å²) in [6, 6.07) is 7.77. The number of aryl methyl sites for hydroxylation is 1. The number of halogens is 2. The van der Waals surface area contributed by atoms with E-state index in [1.165, 1.54) is 0 Å². The summed E-state index contributed by atoms with van der Waals surface area (Å²) in [7, 11) is 0. The number of rotatable bonds is 6. The molecule has 1 saturated heterocycles. The number of alkyl halides is 2. The molecule has 1 aromatic carbocycles. The summed E-state index contributed by atoms with van der Waals surface area (Å²) >= 11 is 0. The Kier molecular flexibility index (Phi) is 6.61. The van der Waals surface area contributed by atoms with E-state index in [1.807, 2.05) is 0 Å². The van der Waals surface area contributed by atoms with Crippen molar-refractivity contribution in [2.45, 2.75) is 31.6 Å². The number of benzene rings is 1. The SMILES string of the molecule is Cc1ccccc1C(=O)OCOC(=O)Nc1ccn([C@@H]2O[C@H](CO)CC2(F)F)c(=O)n1. The zero-order valence-corrected chi connectivity index (χ0v) is 16.3. The molecule has 0 aliphatic carbocycles. The molecule has 166 valence electrons. The van der Waals surface area contributed by atoms with Gasteiger partial charge in [0.05, 0.1) is 18.3 Å². The second kappa shape index (κ2) is 9.18. The molecule has 12 heteroatoms. The number of aliphatic hydroxyl groups excluding tert-OH is 1. The van der Waals surface area contributed by atoms with Crippen molar-refractivity contribution >= 4 is 17.9 Å². The Morgan fingerprint density at radius 2 is 2.06 bits per heavy atom. The van der Waals surface area contributed by atoms with Gasteiger partial charge in [0.25, 0.3) is 5.92 Å². The Labute approximate surface area is 174 Å². The molecule has 0 saturated carbocycles. The van der Waals surface area contributed by atoms with Crippen LogP contribution >= 0.6 is 0 Å². The summed E-state index contributed by atoms with van der Waals surface area (Å²) in [5.41, 5.74) is -0.109. The van der Waals surface area contributed by atoms with Gasteiger partial charge in [-0.1, -0.05) is 18.2 Å². The predicted molar refractivity (Wildman–Crippen MR) is 101 cm³/mol. The van der Waals surface area contributed by atoms with Gasteiger partial charge < -0.3 is 19.3 Å². The van der Waals surface area contributed by atoms with Crippen LogP contribution in [0.5, 0.6) is 0 Å². The molecule has 0 radical (unpaired) electrons. The Bertz CT molecular complexity index is 1030. The zero-order valence-electron chi connectivity index (χ0n) is 16.3. The average molecular weight is 439 g/mol. The van der Waals surface area contributed by atoms with Crippen molar-refractivity contribution in [3.63, 3.8) is 0 Å². The van der Waals surface area contributed by atoms with Crippen LogP contribution in [-0.4, -0.2) is 52.1 Å². The number of aromatic nitrogens is 2. The highest BCUT2D eigenvalue weighted by atomic mass is 19.3. The first-order valence-electron chi connectivity index (χ1n) is 9.11. The van der Waals surface area contributed by atoms with Crippen molar-refractivity contribution < 1.29 is 37.7 Å². The fourth-order valence-electron chi connectivity index (χ4n) is 2.93. The summed E-state index contributed by atoms with van der Waals surface area (Å²) in [6.07, 6.45) is -3.88. The van der Waals surface area contributed by atoms with E-state index >= 15 is 0 Å². The molecule has 3 rings (SSSR count). The normalized spacial score (nSPS) is 19.6. The van der Waals surface area contributed by atoms with E-state index < -0.39 is 55.8 Å². The quantitative estimate of drug-likeness (QED) is 0.515. The number of aliphatic hydroxyl groups is 1. The minimum Gasteiger partial charge on any atom is -0.424 e. The molecular formula is C19H19F2N3O7. The molecule has 1 aliphatic heterocycles. The Morgan fingerprint density at radius 3 is 2.71 bits per heavy atom. The van der Waals surface area contributed by atoms with E-state index in [9.17, 15) is 23.2 Å². The van der Waals surface area contributed by atoms with E-state index in [1.54, 1.807) is 31.2 Å². The van der Waals surface area contributed by atoms with Gasteiger partial charge in [0.2, 0.25) is 13.0 Å².